The van der Waals surface area contributed by atoms with E-state index in [1.54, 1.807) is 0 Å². The van der Waals surface area contributed by atoms with Gasteiger partial charge in [-0.1, -0.05) is 0 Å². The Morgan fingerprint density at radius 2 is 2.00 bits per heavy atom. The smallest absolute Gasteiger partial charge is 0.0718 e. The standard InChI is InChI=1S/C11H20N2O/c1-11(2,14)9-13-7-4-10(3-6-12)5-8-13/h10,14H,3-5,7-9H2,1-2H3. The number of piperidine rings is 1. The molecule has 14 heavy (non-hydrogen) atoms. The number of rotatable bonds is 3. The Morgan fingerprint density at radius 1 is 1.43 bits per heavy atom. The van der Waals surface area contributed by atoms with Gasteiger partial charge in [0.25, 0.3) is 0 Å². The van der Waals surface area contributed by atoms with Crippen LogP contribution in [0, 0.1) is 17.2 Å². The van der Waals surface area contributed by atoms with Crippen LogP contribution in [-0.4, -0.2) is 35.2 Å². The lowest BCUT2D eigenvalue weighted by Gasteiger charge is -2.34. The summed E-state index contributed by atoms with van der Waals surface area (Å²) in [5.74, 6) is 0.582. The van der Waals surface area contributed by atoms with Gasteiger partial charge in [-0.15, -0.1) is 0 Å². The largest absolute Gasteiger partial charge is 0.389 e. The Kier molecular flexibility index (Phi) is 3.91. The lowest BCUT2D eigenvalue weighted by molar-refractivity contribution is 0.0247. The van der Waals surface area contributed by atoms with E-state index in [4.69, 9.17) is 5.26 Å². The van der Waals surface area contributed by atoms with Gasteiger partial charge in [0, 0.05) is 13.0 Å². The molecule has 3 heteroatoms. The Bertz CT molecular complexity index is 206. The number of likely N-dealkylation sites (tertiary alicyclic amines) is 1. The summed E-state index contributed by atoms with van der Waals surface area (Å²) in [6.45, 7) is 6.47. The third-order valence-electron chi connectivity index (χ3n) is 2.70. The second-order valence-corrected chi connectivity index (χ2v) is 4.89. The minimum atomic E-state index is -0.595. The molecule has 1 aliphatic rings. The van der Waals surface area contributed by atoms with Gasteiger partial charge in [0.05, 0.1) is 11.7 Å². The molecule has 0 amide bonds. The second kappa shape index (κ2) is 4.77. The zero-order chi connectivity index (χ0) is 10.6. The summed E-state index contributed by atoms with van der Waals surface area (Å²) in [6.07, 6.45) is 2.89. The highest BCUT2D eigenvalue weighted by molar-refractivity contribution is 4.82. The molecule has 1 heterocycles. The average Bonchev–Trinajstić information content (AvgIpc) is 2.06. The predicted octanol–water partition coefficient (Wildman–Crippen LogP) is 1.38. The number of nitrogens with zero attached hydrogens (tertiary/aromatic N) is 2. The van der Waals surface area contributed by atoms with Crippen molar-refractivity contribution in [3.63, 3.8) is 0 Å². The first kappa shape index (κ1) is 11.5. The number of hydrogen-bond acceptors (Lipinski definition) is 3. The highest BCUT2D eigenvalue weighted by Gasteiger charge is 2.23. The van der Waals surface area contributed by atoms with Crippen LogP contribution in [0.4, 0.5) is 0 Å². The van der Waals surface area contributed by atoms with Crippen molar-refractivity contribution in [2.24, 2.45) is 5.92 Å². The molecule has 80 valence electrons. The molecule has 0 aromatic carbocycles. The summed E-state index contributed by atoms with van der Waals surface area (Å²) in [4.78, 5) is 2.29. The molecule has 1 saturated heterocycles. The Labute approximate surface area is 86.3 Å². The van der Waals surface area contributed by atoms with Crippen LogP contribution >= 0.6 is 0 Å². The van der Waals surface area contributed by atoms with Gasteiger partial charge in [0.1, 0.15) is 0 Å². The van der Waals surface area contributed by atoms with Crippen LogP contribution in [0.5, 0.6) is 0 Å². The maximum atomic E-state index is 9.65. The first-order valence-electron chi connectivity index (χ1n) is 5.33. The predicted molar refractivity (Wildman–Crippen MR) is 55.7 cm³/mol. The van der Waals surface area contributed by atoms with Crippen LogP contribution < -0.4 is 0 Å². The summed E-state index contributed by atoms with van der Waals surface area (Å²) in [7, 11) is 0. The fourth-order valence-electron chi connectivity index (χ4n) is 2.02. The fraction of sp³-hybridized carbons (Fsp3) is 0.909. The second-order valence-electron chi connectivity index (χ2n) is 4.89. The number of hydrogen-bond donors (Lipinski definition) is 1. The highest BCUT2D eigenvalue weighted by atomic mass is 16.3. The van der Waals surface area contributed by atoms with Crippen LogP contribution in [0.2, 0.25) is 0 Å². The zero-order valence-corrected chi connectivity index (χ0v) is 9.16. The zero-order valence-electron chi connectivity index (χ0n) is 9.16. The molecule has 1 rings (SSSR count). The van der Waals surface area contributed by atoms with Gasteiger partial charge in [-0.3, -0.25) is 0 Å². The Morgan fingerprint density at radius 3 is 2.43 bits per heavy atom. The van der Waals surface area contributed by atoms with Crippen molar-refractivity contribution in [2.45, 2.75) is 38.7 Å². The maximum Gasteiger partial charge on any atom is 0.0718 e. The molecule has 1 aliphatic heterocycles. The summed E-state index contributed by atoms with van der Waals surface area (Å²) in [5, 5.41) is 18.2. The average molecular weight is 196 g/mol. The molecule has 0 saturated carbocycles. The van der Waals surface area contributed by atoms with Crippen LogP contribution in [0.3, 0.4) is 0 Å². The van der Waals surface area contributed by atoms with E-state index in [2.05, 4.69) is 11.0 Å². The van der Waals surface area contributed by atoms with E-state index < -0.39 is 5.60 Å². The minimum absolute atomic E-state index is 0.582. The maximum absolute atomic E-state index is 9.65. The topological polar surface area (TPSA) is 47.3 Å². The molecule has 0 bridgehead atoms. The van der Waals surface area contributed by atoms with Crippen LogP contribution in [0.15, 0.2) is 0 Å². The molecule has 0 aromatic heterocycles. The van der Waals surface area contributed by atoms with Crippen molar-refractivity contribution < 1.29 is 5.11 Å². The van der Waals surface area contributed by atoms with E-state index in [0.717, 1.165) is 32.5 Å². The van der Waals surface area contributed by atoms with Crippen molar-refractivity contribution in [2.75, 3.05) is 19.6 Å². The highest BCUT2D eigenvalue weighted by Crippen LogP contribution is 2.21. The number of aliphatic hydroxyl groups is 1. The van der Waals surface area contributed by atoms with Gasteiger partial charge in [-0.25, -0.2) is 0 Å². The summed E-state index contributed by atoms with van der Waals surface area (Å²) in [6, 6.07) is 2.23. The third kappa shape index (κ3) is 4.08. The van der Waals surface area contributed by atoms with Crippen LogP contribution in [0.25, 0.3) is 0 Å². The first-order valence-corrected chi connectivity index (χ1v) is 5.33. The van der Waals surface area contributed by atoms with E-state index in [1.165, 1.54) is 0 Å². The van der Waals surface area contributed by atoms with Crippen molar-refractivity contribution in [1.29, 1.82) is 5.26 Å². The summed E-state index contributed by atoms with van der Waals surface area (Å²) < 4.78 is 0. The molecule has 3 nitrogen and oxygen atoms in total. The van der Waals surface area contributed by atoms with E-state index in [0.29, 0.717) is 12.3 Å². The van der Waals surface area contributed by atoms with Crippen LogP contribution in [-0.2, 0) is 0 Å². The Balaban J connectivity index is 2.26. The number of nitriles is 1. The minimum Gasteiger partial charge on any atom is -0.389 e. The quantitative estimate of drug-likeness (QED) is 0.742. The van der Waals surface area contributed by atoms with E-state index in [1.807, 2.05) is 13.8 Å². The molecule has 0 unspecified atom stereocenters. The summed E-state index contributed by atoms with van der Waals surface area (Å²) in [5.41, 5.74) is -0.595. The molecule has 0 aliphatic carbocycles. The van der Waals surface area contributed by atoms with Crippen molar-refractivity contribution in [3.05, 3.63) is 0 Å². The van der Waals surface area contributed by atoms with Gasteiger partial charge < -0.3 is 10.0 Å². The molecule has 0 radical (unpaired) electrons. The number of β-amino-alcohol motifs (C(OH)–C–C–N with tert-alkyl or cyclic N) is 1. The van der Waals surface area contributed by atoms with Crippen LogP contribution in [0.1, 0.15) is 33.1 Å². The van der Waals surface area contributed by atoms with Gasteiger partial charge in [0.2, 0.25) is 0 Å². The molecule has 0 aromatic rings. The Hall–Kier alpha value is -0.590. The van der Waals surface area contributed by atoms with E-state index in [-0.39, 0.29) is 0 Å². The lowest BCUT2D eigenvalue weighted by atomic mass is 9.93. The lowest BCUT2D eigenvalue weighted by Crippen LogP contribution is -2.42. The summed E-state index contributed by atoms with van der Waals surface area (Å²) >= 11 is 0. The van der Waals surface area contributed by atoms with Gasteiger partial charge >= 0.3 is 0 Å². The first-order chi connectivity index (χ1) is 6.51. The van der Waals surface area contributed by atoms with Gasteiger partial charge in [-0.05, 0) is 45.7 Å². The molecular weight excluding hydrogens is 176 g/mol. The van der Waals surface area contributed by atoms with E-state index in [9.17, 15) is 5.11 Å². The molecule has 0 atom stereocenters. The monoisotopic (exact) mass is 196 g/mol. The fourth-order valence-corrected chi connectivity index (χ4v) is 2.02. The third-order valence-corrected chi connectivity index (χ3v) is 2.70. The van der Waals surface area contributed by atoms with Crippen molar-refractivity contribution in [1.82, 2.24) is 4.90 Å². The van der Waals surface area contributed by atoms with E-state index >= 15 is 0 Å². The molecule has 0 spiro atoms. The van der Waals surface area contributed by atoms with Gasteiger partial charge in [0.15, 0.2) is 0 Å². The molecular formula is C11H20N2O. The molecule has 1 fully saturated rings. The van der Waals surface area contributed by atoms with Gasteiger partial charge in [-0.2, -0.15) is 5.26 Å². The molecule has 1 N–H and O–H groups in total. The van der Waals surface area contributed by atoms with Crippen molar-refractivity contribution >= 4 is 0 Å². The van der Waals surface area contributed by atoms with Crippen molar-refractivity contribution in [3.8, 4) is 6.07 Å². The normalized spacial score (nSPS) is 20.7. The SMILES string of the molecule is CC(C)(O)CN1CCC(CC#N)CC1.